The third kappa shape index (κ3) is 3.34. The van der Waals surface area contributed by atoms with E-state index in [0.29, 0.717) is 5.92 Å². The van der Waals surface area contributed by atoms with Gasteiger partial charge in [-0.1, -0.05) is 54.8 Å². The number of pyridine rings is 1. The highest BCUT2D eigenvalue weighted by Gasteiger charge is 2.16. The molecule has 3 heteroatoms. The molecule has 0 saturated heterocycles. The van der Waals surface area contributed by atoms with E-state index in [2.05, 4.69) is 34.8 Å². The smallest absolute Gasteiger partial charge is 0.0813 e. The number of hydrogen-bond donors (Lipinski definition) is 1. The zero-order valence-electron chi connectivity index (χ0n) is 11.4. The summed E-state index contributed by atoms with van der Waals surface area (Å²) in [5, 5.41) is 11.5. The zero-order valence-corrected chi connectivity index (χ0v) is 13.0. The fourth-order valence-electron chi connectivity index (χ4n) is 2.55. The molecule has 0 aliphatic rings. The van der Waals surface area contributed by atoms with Crippen LogP contribution in [0.3, 0.4) is 0 Å². The number of nitrogens with zero attached hydrogens (tertiary/aromatic N) is 1. The van der Waals surface area contributed by atoms with Gasteiger partial charge in [-0.05, 0) is 24.5 Å². The minimum atomic E-state index is -0.438. The molecule has 1 aromatic heterocycles. The molecule has 0 bridgehead atoms. The molecule has 0 aliphatic heterocycles. The molecule has 1 N–H and O–H groups in total. The molecule has 2 nitrogen and oxygen atoms in total. The molecule has 0 saturated carbocycles. The monoisotopic (exact) mass is 321 g/mol. The highest BCUT2D eigenvalue weighted by atomic mass is 79.9. The molecule has 0 aliphatic carbocycles. The summed E-state index contributed by atoms with van der Waals surface area (Å²) in [6, 6.07) is 7.91. The van der Waals surface area contributed by atoms with Crippen LogP contribution in [-0.2, 0) is 0 Å². The quantitative estimate of drug-likeness (QED) is 0.853. The van der Waals surface area contributed by atoms with Crippen LogP contribution in [0.15, 0.2) is 34.9 Å². The Balaban J connectivity index is 2.32. The number of hydrogen-bond acceptors (Lipinski definition) is 2. The Labute approximate surface area is 123 Å². The molecule has 0 spiro atoms. The van der Waals surface area contributed by atoms with Crippen molar-refractivity contribution in [1.29, 1.82) is 0 Å². The number of halogens is 1. The second-order valence-electron chi connectivity index (χ2n) is 5.18. The summed E-state index contributed by atoms with van der Waals surface area (Å²) >= 11 is 3.53. The average Bonchev–Trinajstić information content (AvgIpc) is 2.39. The minimum Gasteiger partial charge on any atom is -0.388 e. The lowest BCUT2D eigenvalue weighted by atomic mass is 9.94. The van der Waals surface area contributed by atoms with Crippen LogP contribution in [-0.4, -0.2) is 10.1 Å². The normalized spacial score (nSPS) is 14.5. The van der Waals surface area contributed by atoms with Crippen LogP contribution < -0.4 is 0 Å². The average molecular weight is 322 g/mol. The zero-order chi connectivity index (χ0) is 13.8. The summed E-state index contributed by atoms with van der Waals surface area (Å²) in [4.78, 5) is 4.43. The van der Waals surface area contributed by atoms with Gasteiger partial charge in [-0.3, -0.25) is 4.98 Å². The van der Waals surface area contributed by atoms with Crippen LogP contribution >= 0.6 is 15.9 Å². The van der Waals surface area contributed by atoms with Gasteiger partial charge < -0.3 is 5.11 Å². The van der Waals surface area contributed by atoms with Crippen molar-refractivity contribution in [3.05, 3.63) is 40.5 Å². The van der Waals surface area contributed by atoms with Gasteiger partial charge in [-0.25, -0.2) is 0 Å². The van der Waals surface area contributed by atoms with Gasteiger partial charge in [0.05, 0.1) is 11.6 Å². The van der Waals surface area contributed by atoms with Crippen LogP contribution in [0.25, 0.3) is 10.9 Å². The molecular formula is C16H20BrNO. The van der Waals surface area contributed by atoms with E-state index in [-0.39, 0.29) is 0 Å². The number of aliphatic hydroxyl groups excluding tert-OH is 1. The van der Waals surface area contributed by atoms with Crippen molar-refractivity contribution < 1.29 is 5.11 Å². The van der Waals surface area contributed by atoms with Gasteiger partial charge in [0.15, 0.2) is 0 Å². The van der Waals surface area contributed by atoms with Crippen molar-refractivity contribution in [2.24, 2.45) is 5.92 Å². The Morgan fingerprint density at radius 2 is 2.11 bits per heavy atom. The van der Waals surface area contributed by atoms with Crippen molar-refractivity contribution in [3.8, 4) is 0 Å². The van der Waals surface area contributed by atoms with Gasteiger partial charge in [0, 0.05) is 21.6 Å². The fourth-order valence-corrected chi connectivity index (χ4v) is 3.00. The predicted octanol–water partition coefficient (Wildman–Crippen LogP) is 4.86. The maximum Gasteiger partial charge on any atom is 0.0813 e. The molecule has 2 rings (SSSR count). The van der Waals surface area contributed by atoms with Crippen LogP contribution in [0.1, 0.15) is 44.8 Å². The van der Waals surface area contributed by atoms with E-state index < -0.39 is 6.10 Å². The lowest BCUT2D eigenvalue weighted by molar-refractivity contribution is 0.146. The molecule has 1 heterocycles. The van der Waals surface area contributed by atoms with Gasteiger partial charge in [0.1, 0.15) is 0 Å². The third-order valence-electron chi connectivity index (χ3n) is 3.51. The van der Waals surface area contributed by atoms with E-state index in [9.17, 15) is 5.11 Å². The lowest BCUT2D eigenvalue weighted by Crippen LogP contribution is -2.05. The minimum absolute atomic E-state index is 0.438. The maximum absolute atomic E-state index is 10.5. The van der Waals surface area contributed by atoms with Crippen molar-refractivity contribution in [3.63, 3.8) is 0 Å². The largest absolute Gasteiger partial charge is 0.388 e. The van der Waals surface area contributed by atoms with Crippen molar-refractivity contribution in [2.75, 3.05) is 0 Å². The first-order valence-corrected chi connectivity index (χ1v) is 7.64. The van der Waals surface area contributed by atoms with Gasteiger partial charge in [0.2, 0.25) is 0 Å². The molecule has 1 aromatic carbocycles. The SMILES string of the molecule is CCCC(C)CC(O)c1ccc(Br)c2cccnc12. The van der Waals surface area contributed by atoms with Crippen LogP contribution in [0.5, 0.6) is 0 Å². The van der Waals surface area contributed by atoms with E-state index in [1.165, 1.54) is 0 Å². The van der Waals surface area contributed by atoms with Crippen LogP contribution in [0.4, 0.5) is 0 Å². The summed E-state index contributed by atoms with van der Waals surface area (Å²) in [5.41, 5.74) is 1.83. The van der Waals surface area contributed by atoms with Gasteiger partial charge in [-0.15, -0.1) is 0 Å². The topological polar surface area (TPSA) is 33.1 Å². The molecule has 2 atom stereocenters. The highest BCUT2D eigenvalue weighted by Crippen LogP contribution is 2.31. The first-order valence-electron chi connectivity index (χ1n) is 6.84. The molecule has 0 radical (unpaired) electrons. The highest BCUT2D eigenvalue weighted by molar-refractivity contribution is 9.10. The number of fused-ring (bicyclic) bond motifs is 1. The van der Waals surface area contributed by atoms with Crippen molar-refractivity contribution in [1.82, 2.24) is 4.98 Å². The summed E-state index contributed by atoms with van der Waals surface area (Å²) in [5.74, 6) is 0.530. The van der Waals surface area contributed by atoms with E-state index in [4.69, 9.17) is 0 Å². The van der Waals surface area contributed by atoms with E-state index in [1.807, 2.05) is 24.3 Å². The molecule has 2 unspecified atom stereocenters. The molecule has 19 heavy (non-hydrogen) atoms. The second kappa shape index (κ2) is 6.49. The van der Waals surface area contributed by atoms with Gasteiger partial charge in [-0.2, -0.15) is 0 Å². The third-order valence-corrected chi connectivity index (χ3v) is 4.21. The number of aromatic nitrogens is 1. The Hall–Kier alpha value is -0.930. The van der Waals surface area contributed by atoms with Crippen molar-refractivity contribution >= 4 is 26.8 Å². The standard InChI is InChI=1S/C16H20BrNO/c1-3-5-11(2)10-15(19)13-7-8-14(17)12-6-4-9-18-16(12)13/h4,6-9,11,15,19H,3,5,10H2,1-2H3. The van der Waals surface area contributed by atoms with E-state index >= 15 is 0 Å². The maximum atomic E-state index is 10.5. The first-order chi connectivity index (χ1) is 9.13. The van der Waals surface area contributed by atoms with Crippen LogP contribution in [0.2, 0.25) is 0 Å². The van der Waals surface area contributed by atoms with Gasteiger partial charge in [0.25, 0.3) is 0 Å². The van der Waals surface area contributed by atoms with E-state index in [0.717, 1.165) is 40.2 Å². The molecule has 2 aromatic rings. The molecule has 0 amide bonds. The number of aliphatic hydroxyl groups is 1. The Morgan fingerprint density at radius 3 is 2.84 bits per heavy atom. The Kier molecular flexibility index (Phi) is 4.94. The molecule has 0 fully saturated rings. The fraction of sp³-hybridized carbons (Fsp3) is 0.438. The first kappa shape index (κ1) is 14.5. The number of benzene rings is 1. The van der Waals surface area contributed by atoms with Crippen LogP contribution in [0, 0.1) is 5.92 Å². The molecular weight excluding hydrogens is 302 g/mol. The second-order valence-corrected chi connectivity index (χ2v) is 6.04. The number of rotatable bonds is 5. The summed E-state index contributed by atoms with van der Waals surface area (Å²) < 4.78 is 1.02. The van der Waals surface area contributed by atoms with Gasteiger partial charge >= 0.3 is 0 Å². The summed E-state index contributed by atoms with van der Waals surface area (Å²) in [6.07, 6.45) is 4.44. The molecule has 102 valence electrons. The lowest BCUT2D eigenvalue weighted by Gasteiger charge is -2.17. The summed E-state index contributed by atoms with van der Waals surface area (Å²) in [6.45, 7) is 4.38. The van der Waals surface area contributed by atoms with E-state index in [1.54, 1.807) is 6.20 Å². The summed E-state index contributed by atoms with van der Waals surface area (Å²) in [7, 11) is 0. The predicted molar refractivity (Wildman–Crippen MR) is 83.1 cm³/mol. The Morgan fingerprint density at radius 1 is 1.32 bits per heavy atom. The van der Waals surface area contributed by atoms with Crippen molar-refractivity contribution in [2.45, 2.75) is 39.2 Å². The Bertz CT molecular complexity index is 555.